The van der Waals surface area contributed by atoms with Crippen molar-refractivity contribution in [3.63, 3.8) is 0 Å². The Morgan fingerprint density at radius 3 is 2.45 bits per heavy atom. The Kier molecular flexibility index (Phi) is 8.13. The van der Waals surface area contributed by atoms with Crippen LogP contribution in [0.15, 0.2) is 54.6 Å². The highest BCUT2D eigenvalue weighted by atomic mass is 35.5. The Bertz CT molecular complexity index is 1300. The van der Waals surface area contributed by atoms with Crippen LogP contribution in [0.5, 0.6) is 11.5 Å². The molecular weight excluding hydrogens is 496 g/mol. The normalized spacial score (nSPS) is 16.0. The summed E-state index contributed by atoms with van der Waals surface area (Å²) in [7, 11) is 0. The lowest BCUT2D eigenvalue weighted by Gasteiger charge is -2.33. The van der Waals surface area contributed by atoms with Crippen molar-refractivity contribution in [2.75, 3.05) is 42.6 Å². The Labute approximate surface area is 231 Å². The molecule has 1 unspecified atom stereocenters. The molecule has 5 nitrogen and oxygen atoms in total. The minimum Gasteiger partial charge on any atom is -0.462 e. The summed E-state index contributed by atoms with van der Waals surface area (Å²) in [6.45, 7) is 10.6. The van der Waals surface area contributed by atoms with Gasteiger partial charge >= 0.3 is 5.97 Å². The van der Waals surface area contributed by atoms with Crippen LogP contribution in [0.4, 0.5) is 11.4 Å². The molecule has 3 aromatic rings. The molecule has 5 rings (SSSR count). The highest BCUT2D eigenvalue weighted by molar-refractivity contribution is 6.33. The van der Waals surface area contributed by atoms with E-state index in [2.05, 4.69) is 54.8 Å². The molecule has 2 heterocycles. The summed E-state index contributed by atoms with van der Waals surface area (Å²) in [6, 6.07) is 18.4. The molecule has 0 radical (unpaired) electrons. The first-order chi connectivity index (χ1) is 18.5. The number of hydrogen-bond donors (Lipinski definition) is 0. The molecule has 0 spiro atoms. The molecule has 0 amide bonds. The quantitative estimate of drug-likeness (QED) is 0.161. The molecule has 3 aromatic carbocycles. The summed E-state index contributed by atoms with van der Waals surface area (Å²) in [6.07, 6.45) is 4.15. The van der Waals surface area contributed by atoms with Crippen LogP contribution in [0.1, 0.15) is 79.4 Å². The highest BCUT2D eigenvalue weighted by Crippen LogP contribution is 2.51. The van der Waals surface area contributed by atoms with Crippen LogP contribution in [-0.4, -0.2) is 38.8 Å². The average molecular weight is 533 g/mol. The van der Waals surface area contributed by atoms with Gasteiger partial charge in [0.25, 0.3) is 0 Å². The predicted molar refractivity (Wildman–Crippen MR) is 156 cm³/mol. The van der Waals surface area contributed by atoms with Gasteiger partial charge in [-0.3, -0.25) is 0 Å². The zero-order valence-electron chi connectivity index (χ0n) is 22.6. The zero-order valence-corrected chi connectivity index (χ0v) is 23.4. The van der Waals surface area contributed by atoms with E-state index in [1.165, 1.54) is 0 Å². The van der Waals surface area contributed by atoms with Gasteiger partial charge in [-0.15, -0.1) is 0 Å². The van der Waals surface area contributed by atoms with Gasteiger partial charge in [0.15, 0.2) is 0 Å². The monoisotopic (exact) mass is 532 g/mol. The van der Waals surface area contributed by atoms with Crippen LogP contribution in [0.2, 0.25) is 5.02 Å². The van der Waals surface area contributed by atoms with E-state index in [-0.39, 0.29) is 11.9 Å². The van der Waals surface area contributed by atoms with E-state index < -0.39 is 0 Å². The largest absolute Gasteiger partial charge is 0.462 e. The third kappa shape index (κ3) is 5.09. The number of fused-ring (bicyclic) bond motifs is 2. The van der Waals surface area contributed by atoms with Crippen molar-refractivity contribution in [2.45, 2.75) is 52.4 Å². The molecule has 6 heteroatoms. The first-order valence-corrected chi connectivity index (χ1v) is 14.3. The second-order valence-corrected chi connectivity index (χ2v) is 10.4. The summed E-state index contributed by atoms with van der Waals surface area (Å²) < 4.78 is 12.2. The van der Waals surface area contributed by atoms with Gasteiger partial charge in [0.05, 0.1) is 22.9 Å². The number of ether oxygens (including phenoxy) is 2. The second-order valence-electron chi connectivity index (χ2n) is 10.0. The Hall–Kier alpha value is -3.18. The van der Waals surface area contributed by atoms with Gasteiger partial charge in [-0.1, -0.05) is 49.2 Å². The van der Waals surface area contributed by atoms with Crippen LogP contribution in [0.25, 0.3) is 0 Å². The van der Waals surface area contributed by atoms with E-state index in [4.69, 9.17) is 21.1 Å². The number of esters is 1. The Morgan fingerprint density at radius 2 is 1.71 bits per heavy atom. The van der Waals surface area contributed by atoms with Crippen molar-refractivity contribution in [3.05, 3.63) is 81.9 Å². The molecule has 1 saturated heterocycles. The van der Waals surface area contributed by atoms with E-state index in [1.54, 1.807) is 0 Å². The summed E-state index contributed by atoms with van der Waals surface area (Å²) in [5.41, 5.74) is 5.72. The van der Waals surface area contributed by atoms with Crippen LogP contribution in [-0.2, 0) is 4.74 Å². The maximum atomic E-state index is 13.3. The molecule has 0 saturated carbocycles. The molecule has 200 valence electrons. The van der Waals surface area contributed by atoms with Crippen LogP contribution in [0, 0.1) is 0 Å². The van der Waals surface area contributed by atoms with E-state index in [0.29, 0.717) is 17.2 Å². The number of unbranched alkanes of at least 4 members (excludes halogenated alkanes) is 1. The fourth-order valence-electron chi connectivity index (χ4n) is 5.65. The fraction of sp³-hybridized carbons (Fsp3) is 0.406. The topological polar surface area (TPSA) is 42.0 Å². The van der Waals surface area contributed by atoms with E-state index in [9.17, 15) is 4.79 Å². The number of nitrogens with zero attached hydrogens (tertiary/aromatic N) is 2. The van der Waals surface area contributed by atoms with Gasteiger partial charge < -0.3 is 19.3 Å². The lowest BCUT2D eigenvalue weighted by Crippen LogP contribution is -2.23. The van der Waals surface area contributed by atoms with Crippen molar-refractivity contribution in [1.29, 1.82) is 0 Å². The van der Waals surface area contributed by atoms with E-state index in [1.807, 2.05) is 30.3 Å². The highest BCUT2D eigenvalue weighted by Gasteiger charge is 2.34. The van der Waals surface area contributed by atoms with Crippen LogP contribution in [0.3, 0.4) is 0 Å². The van der Waals surface area contributed by atoms with Gasteiger partial charge in [0.2, 0.25) is 0 Å². The van der Waals surface area contributed by atoms with E-state index >= 15 is 0 Å². The number of carbonyl (C=O) groups is 1. The number of hydrogen-bond acceptors (Lipinski definition) is 5. The van der Waals surface area contributed by atoms with E-state index in [0.717, 1.165) is 91.4 Å². The van der Waals surface area contributed by atoms with Crippen molar-refractivity contribution < 1.29 is 14.3 Å². The smallest absolute Gasteiger partial charge is 0.338 e. The lowest BCUT2D eigenvalue weighted by molar-refractivity contribution is 0.0498. The SMILES string of the molecule is CCCCOC(=O)c1ccccc1C1c2ccc(N(CC)CC)cc2Oc2cc(Cl)c(N3CCCC3)cc21. The van der Waals surface area contributed by atoms with Gasteiger partial charge in [-0.05, 0) is 56.9 Å². The molecular formula is C32H37ClN2O3. The molecule has 0 N–H and O–H groups in total. The molecule has 2 aliphatic heterocycles. The molecule has 0 bridgehead atoms. The fourth-order valence-corrected chi connectivity index (χ4v) is 5.93. The number of halogens is 1. The van der Waals surface area contributed by atoms with Gasteiger partial charge in [-0.2, -0.15) is 0 Å². The second kappa shape index (κ2) is 11.7. The van der Waals surface area contributed by atoms with Gasteiger partial charge in [0, 0.05) is 61.0 Å². The third-order valence-corrected chi connectivity index (χ3v) is 8.02. The molecule has 0 aromatic heterocycles. The van der Waals surface area contributed by atoms with Crippen molar-refractivity contribution in [3.8, 4) is 11.5 Å². The summed E-state index contributed by atoms with van der Waals surface area (Å²) >= 11 is 6.84. The predicted octanol–water partition coefficient (Wildman–Crippen LogP) is 8.03. The van der Waals surface area contributed by atoms with Gasteiger partial charge in [0.1, 0.15) is 11.5 Å². The maximum Gasteiger partial charge on any atom is 0.338 e. The number of carbonyl (C=O) groups excluding carboxylic acids is 1. The third-order valence-electron chi connectivity index (χ3n) is 7.72. The molecule has 0 aliphatic carbocycles. The molecule has 1 atom stereocenters. The van der Waals surface area contributed by atoms with Crippen LogP contribution >= 0.6 is 11.6 Å². The zero-order chi connectivity index (χ0) is 26.6. The summed E-state index contributed by atoms with van der Waals surface area (Å²) in [4.78, 5) is 17.9. The molecule has 1 fully saturated rings. The minimum absolute atomic E-state index is 0.187. The van der Waals surface area contributed by atoms with Crippen molar-refractivity contribution >= 4 is 28.9 Å². The van der Waals surface area contributed by atoms with Crippen molar-refractivity contribution in [2.24, 2.45) is 0 Å². The van der Waals surface area contributed by atoms with Crippen molar-refractivity contribution in [1.82, 2.24) is 0 Å². The average Bonchev–Trinajstić information content (AvgIpc) is 3.47. The Balaban J connectivity index is 1.66. The summed E-state index contributed by atoms with van der Waals surface area (Å²) in [5.74, 6) is 1.07. The minimum atomic E-state index is -0.280. The number of anilines is 2. The molecule has 38 heavy (non-hydrogen) atoms. The number of benzene rings is 3. The molecule has 2 aliphatic rings. The van der Waals surface area contributed by atoms with Crippen LogP contribution < -0.4 is 14.5 Å². The van der Waals surface area contributed by atoms with Gasteiger partial charge in [-0.25, -0.2) is 4.79 Å². The lowest BCUT2D eigenvalue weighted by atomic mass is 9.80. The maximum absolute atomic E-state index is 13.3. The summed E-state index contributed by atoms with van der Waals surface area (Å²) in [5, 5.41) is 0.694. The standard InChI is InChI=1S/C32H37ClN2O3/c1-4-7-18-37-32(36)24-13-9-8-12-23(24)31-25-15-14-22(34(5-2)6-3)19-29(25)38-30-21-27(33)28(20-26(30)31)35-16-10-11-17-35/h8-9,12-15,19-21,31H,4-7,10-11,16-18H2,1-3H3. The first kappa shape index (κ1) is 26.4. The number of rotatable bonds is 9. The first-order valence-electron chi connectivity index (χ1n) is 14.0. The Morgan fingerprint density at radius 1 is 0.974 bits per heavy atom.